The van der Waals surface area contributed by atoms with Gasteiger partial charge in [-0.2, -0.15) is 0 Å². The first-order valence-corrected chi connectivity index (χ1v) is 9.20. The van der Waals surface area contributed by atoms with E-state index in [9.17, 15) is 4.79 Å². The molecule has 5 heteroatoms. The normalized spacial score (nSPS) is 16.2. The lowest BCUT2D eigenvalue weighted by Crippen LogP contribution is -2.42. The molecule has 132 valence electrons. The van der Waals surface area contributed by atoms with E-state index in [2.05, 4.69) is 28.9 Å². The highest BCUT2D eigenvalue weighted by Crippen LogP contribution is 2.32. The van der Waals surface area contributed by atoms with E-state index in [1.807, 2.05) is 53.2 Å². The highest BCUT2D eigenvalue weighted by molar-refractivity contribution is 9.10. The molecule has 4 nitrogen and oxygen atoms in total. The fourth-order valence-corrected chi connectivity index (χ4v) is 3.88. The van der Waals surface area contributed by atoms with Crippen molar-refractivity contribution >= 4 is 27.5 Å². The van der Waals surface area contributed by atoms with Crippen LogP contribution in [0.4, 0.5) is 5.69 Å². The second-order valence-corrected chi connectivity index (χ2v) is 7.49. The molecule has 1 amide bonds. The van der Waals surface area contributed by atoms with E-state index in [-0.39, 0.29) is 11.9 Å². The number of anilines is 1. The number of fused-ring (bicyclic) bond motifs is 1. The van der Waals surface area contributed by atoms with Gasteiger partial charge in [0.25, 0.3) is 0 Å². The Morgan fingerprint density at radius 3 is 2.84 bits per heavy atom. The van der Waals surface area contributed by atoms with Gasteiger partial charge < -0.3 is 9.64 Å². The van der Waals surface area contributed by atoms with Crippen molar-refractivity contribution in [3.05, 3.63) is 58.1 Å². The molecule has 2 aromatic rings. The predicted molar refractivity (Wildman–Crippen MR) is 104 cm³/mol. The number of methoxy groups -OCH3 is 1. The average molecular weight is 403 g/mol. The van der Waals surface area contributed by atoms with E-state index in [4.69, 9.17) is 4.74 Å². The summed E-state index contributed by atoms with van der Waals surface area (Å²) < 4.78 is 6.43. The zero-order valence-corrected chi connectivity index (χ0v) is 16.4. The molecule has 2 aromatic carbocycles. The molecule has 1 heterocycles. The Morgan fingerprint density at radius 2 is 2.08 bits per heavy atom. The molecule has 0 saturated heterocycles. The van der Waals surface area contributed by atoms with E-state index in [1.165, 1.54) is 5.56 Å². The summed E-state index contributed by atoms with van der Waals surface area (Å²) in [7, 11) is 3.63. The number of para-hydroxylation sites is 1. The van der Waals surface area contributed by atoms with Gasteiger partial charge in [-0.15, -0.1) is 0 Å². The molecule has 1 atom stereocenters. The summed E-state index contributed by atoms with van der Waals surface area (Å²) in [5.74, 6) is 0.969. The average Bonchev–Trinajstić information content (AvgIpc) is 2.90. The molecule has 1 unspecified atom stereocenters. The van der Waals surface area contributed by atoms with E-state index in [0.29, 0.717) is 13.1 Å². The summed E-state index contributed by atoms with van der Waals surface area (Å²) in [6, 6.07) is 14.3. The van der Waals surface area contributed by atoms with Crippen molar-refractivity contribution in [3.8, 4) is 5.75 Å². The summed E-state index contributed by atoms with van der Waals surface area (Å²) in [4.78, 5) is 16.8. The molecule has 1 aliphatic heterocycles. The first kappa shape index (κ1) is 18.0. The smallest absolute Gasteiger partial charge is 0.241 e. The van der Waals surface area contributed by atoms with E-state index < -0.39 is 0 Å². The predicted octanol–water partition coefficient (Wildman–Crippen LogP) is 3.87. The van der Waals surface area contributed by atoms with Gasteiger partial charge in [0.2, 0.25) is 5.91 Å². The summed E-state index contributed by atoms with van der Waals surface area (Å²) in [5, 5.41) is 0. The van der Waals surface area contributed by atoms with Gasteiger partial charge >= 0.3 is 0 Å². The molecule has 0 saturated carbocycles. The number of carbonyl (C=O) groups is 1. The number of hydrogen-bond donors (Lipinski definition) is 0. The summed E-state index contributed by atoms with van der Waals surface area (Å²) in [6.45, 7) is 3.13. The molecular formula is C20H23BrN2O2. The van der Waals surface area contributed by atoms with Crippen LogP contribution in [0.25, 0.3) is 0 Å². The van der Waals surface area contributed by atoms with Crippen LogP contribution in [-0.2, 0) is 17.8 Å². The number of nitrogens with zero attached hydrogens (tertiary/aromatic N) is 2. The van der Waals surface area contributed by atoms with E-state index in [0.717, 1.165) is 27.9 Å². The minimum atomic E-state index is 0.133. The third-order valence-electron chi connectivity index (χ3n) is 4.56. The summed E-state index contributed by atoms with van der Waals surface area (Å²) in [5.41, 5.74) is 3.36. The first-order chi connectivity index (χ1) is 12.0. The van der Waals surface area contributed by atoms with Crippen LogP contribution in [0.5, 0.6) is 5.75 Å². The Kier molecular flexibility index (Phi) is 5.45. The van der Waals surface area contributed by atoms with Crippen molar-refractivity contribution in [2.45, 2.75) is 25.9 Å². The van der Waals surface area contributed by atoms with Gasteiger partial charge in [-0.05, 0) is 50.2 Å². The van der Waals surface area contributed by atoms with Crippen molar-refractivity contribution < 1.29 is 9.53 Å². The molecule has 0 bridgehead atoms. The zero-order valence-electron chi connectivity index (χ0n) is 14.8. The van der Waals surface area contributed by atoms with Gasteiger partial charge in [0.05, 0.1) is 13.7 Å². The third kappa shape index (κ3) is 3.88. The minimum Gasteiger partial charge on any atom is -0.496 e. The van der Waals surface area contributed by atoms with Crippen LogP contribution in [0.15, 0.2) is 46.9 Å². The summed E-state index contributed by atoms with van der Waals surface area (Å²) >= 11 is 3.50. The molecule has 3 rings (SSSR count). The van der Waals surface area contributed by atoms with Crippen molar-refractivity contribution in [3.63, 3.8) is 0 Å². The SMILES string of the molecule is COc1ccc(Br)cc1CN(C)CC(=O)N1c2ccccc2CC1C. The molecular weight excluding hydrogens is 380 g/mol. The molecule has 1 aliphatic rings. The number of amides is 1. The van der Waals surface area contributed by atoms with Gasteiger partial charge in [-0.3, -0.25) is 9.69 Å². The molecule has 0 aromatic heterocycles. The lowest BCUT2D eigenvalue weighted by molar-refractivity contribution is -0.119. The number of carbonyl (C=O) groups excluding carboxylic acids is 1. The third-order valence-corrected chi connectivity index (χ3v) is 5.06. The second-order valence-electron chi connectivity index (χ2n) is 6.57. The fourth-order valence-electron chi connectivity index (χ4n) is 3.47. The van der Waals surface area contributed by atoms with E-state index >= 15 is 0 Å². The van der Waals surface area contributed by atoms with Gasteiger partial charge in [0.1, 0.15) is 5.75 Å². The van der Waals surface area contributed by atoms with Crippen molar-refractivity contribution in [2.24, 2.45) is 0 Å². The number of rotatable bonds is 5. The lowest BCUT2D eigenvalue weighted by Gasteiger charge is -2.26. The Balaban J connectivity index is 1.70. The maximum absolute atomic E-state index is 12.9. The quantitative estimate of drug-likeness (QED) is 0.760. The molecule has 0 aliphatic carbocycles. The van der Waals surface area contributed by atoms with E-state index in [1.54, 1.807) is 7.11 Å². The lowest BCUT2D eigenvalue weighted by atomic mass is 10.1. The topological polar surface area (TPSA) is 32.8 Å². The van der Waals surface area contributed by atoms with Crippen LogP contribution < -0.4 is 9.64 Å². The van der Waals surface area contributed by atoms with Crippen molar-refractivity contribution in [1.82, 2.24) is 4.90 Å². The molecule has 0 spiro atoms. The Labute approximate surface area is 157 Å². The largest absolute Gasteiger partial charge is 0.496 e. The standard InChI is InChI=1S/C20H23BrN2O2/c1-14-10-15-6-4-5-7-18(15)23(14)20(24)13-22(2)12-16-11-17(21)8-9-19(16)25-3/h4-9,11,14H,10,12-13H2,1-3H3. The van der Waals surface area contributed by atoms with Crippen LogP contribution in [-0.4, -0.2) is 37.6 Å². The zero-order chi connectivity index (χ0) is 18.0. The molecule has 0 N–H and O–H groups in total. The van der Waals surface area contributed by atoms with Gasteiger partial charge in [-0.1, -0.05) is 34.1 Å². The minimum absolute atomic E-state index is 0.133. The maximum atomic E-state index is 12.9. The van der Waals surface area contributed by atoms with Crippen LogP contribution in [0.3, 0.4) is 0 Å². The second kappa shape index (κ2) is 7.58. The van der Waals surface area contributed by atoms with Gasteiger partial charge in [-0.25, -0.2) is 0 Å². The fraction of sp³-hybridized carbons (Fsp3) is 0.350. The first-order valence-electron chi connectivity index (χ1n) is 8.40. The Morgan fingerprint density at radius 1 is 1.32 bits per heavy atom. The van der Waals surface area contributed by atoms with Crippen molar-refractivity contribution in [1.29, 1.82) is 0 Å². The van der Waals surface area contributed by atoms with Crippen LogP contribution >= 0.6 is 15.9 Å². The Bertz CT molecular complexity index is 778. The maximum Gasteiger partial charge on any atom is 0.241 e. The van der Waals surface area contributed by atoms with Crippen molar-refractivity contribution in [2.75, 3.05) is 25.6 Å². The highest BCUT2D eigenvalue weighted by Gasteiger charge is 2.30. The Hall–Kier alpha value is -1.85. The number of hydrogen-bond acceptors (Lipinski definition) is 3. The molecule has 0 fully saturated rings. The summed E-state index contributed by atoms with van der Waals surface area (Å²) in [6.07, 6.45) is 0.922. The number of ether oxygens (including phenoxy) is 1. The molecule has 0 radical (unpaired) electrons. The van der Waals surface area contributed by atoms with Crippen LogP contribution in [0.2, 0.25) is 0 Å². The van der Waals surface area contributed by atoms with Crippen LogP contribution in [0, 0.1) is 0 Å². The number of halogens is 1. The monoisotopic (exact) mass is 402 g/mol. The number of benzene rings is 2. The number of likely N-dealkylation sites (N-methyl/N-ethyl adjacent to an activating group) is 1. The van der Waals surface area contributed by atoms with Gasteiger partial charge in [0, 0.05) is 28.3 Å². The molecule has 25 heavy (non-hydrogen) atoms. The van der Waals surface area contributed by atoms with Gasteiger partial charge in [0.15, 0.2) is 0 Å². The highest BCUT2D eigenvalue weighted by atomic mass is 79.9. The van der Waals surface area contributed by atoms with Crippen LogP contribution in [0.1, 0.15) is 18.1 Å².